The fraction of sp³-hybridized carbons (Fsp3) is 0.105. The van der Waals surface area contributed by atoms with Crippen molar-refractivity contribution in [1.29, 1.82) is 0 Å². The smallest absolute Gasteiger partial charge is 0.269 e. The molecule has 2 aromatic heterocycles. The maximum atomic E-state index is 12.5. The molecule has 2 heterocycles. The topological polar surface area (TPSA) is 129 Å². The van der Waals surface area contributed by atoms with Gasteiger partial charge >= 0.3 is 0 Å². The molecule has 11 heteroatoms. The van der Waals surface area contributed by atoms with Gasteiger partial charge in [0.2, 0.25) is 0 Å². The van der Waals surface area contributed by atoms with Gasteiger partial charge in [-0.1, -0.05) is 12.1 Å². The number of tetrazole rings is 1. The number of aromatic nitrogens is 5. The summed E-state index contributed by atoms with van der Waals surface area (Å²) in [5.74, 6) is -0.270. The number of nitro groups is 1. The largest absolute Gasteiger partial charge is 0.298 e. The van der Waals surface area contributed by atoms with E-state index in [0.717, 1.165) is 21.8 Å². The summed E-state index contributed by atoms with van der Waals surface area (Å²) in [7, 11) is 0. The quantitative estimate of drug-likeness (QED) is 0.374. The van der Waals surface area contributed by atoms with E-state index in [1.54, 1.807) is 36.4 Å². The number of non-ortho nitro benzene ring substituents is 1. The predicted molar refractivity (Wildman–Crippen MR) is 110 cm³/mol. The van der Waals surface area contributed by atoms with Gasteiger partial charge < -0.3 is 0 Å². The molecule has 0 saturated heterocycles. The minimum Gasteiger partial charge on any atom is -0.298 e. The third-order valence-corrected chi connectivity index (χ3v) is 5.44. The van der Waals surface area contributed by atoms with Crippen LogP contribution in [0.3, 0.4) is 0 Å². The Morgan fingerprint density at radius 2 is 1.90 bits per heavy atom. The van der Waals surface area contributed by atoms with Crippen molar-refractivity contribution in [2.24, 2.45) is 0 Å². The van der Waals surface area contributed by atoms with Gasteiger partial charge in [-0.05, 0) is 47.2 Å². The molecule has 0 atom stereocenters. The van der Waals surface area contributed by atoms with E-state index in [1.807, 2.05) is 6.92 Å². The molecule has 0 aliphatic heterocycles. The van der Waals surface area contributed by atoms with Crippen molar-refractivity contribution in [2.75, 3.05) is 5.32 Å². The van der Waals surface area contributed by atoms with Crippen LogP contribution in [0.15, 0.2) is 54.9 Å². The third-order valence-electron chi connectivity index (χ3n) is 4.37. The average molecular weight is 421 g/mol. The van der Waals surface area contributed by atoms with Gasteiger partial charge in [0.25, 0.3) is 11.6 Å². The number of carbonyl (C=O) groups excluding carboxylic acids is 1. The minimum atomic E-state index is -0.426. The van der Waals surface area contributed by atoms with E-state index >= 15 is 0 Å². The van der Waals surface area contributed by atoms with Gasteiger partial charge in [0.15, 0.2) is 5.13 Å². The zero-order valence-corrected chi connectivity index (χ0v) is 16.5. The maximum Gasteiger partial charge on any atom is 0.269 e. The van der Waals surface area contributed by atoms with Crippen LogP contribution in [-0.4, -0.2) is 36.0 Å². The molecule has 0 bridgehead atoms. The van der Waals surface area contributed by atoms with Crippen molar-refractivity contribution >= 4 is 28.1 Å². The van der Waals surface area contributed by atoms with Crippen molar-refractivity contribution in [1.82, 2.24) is 25.2 Å². The van der Waals surface area contributed by atoms with E-state index in [-0.39, 0.29) is 11.6 Å². The highest BCUT2D eigenvalue weighted by molar-refractivity contribution is 7.15. The fourth-order valence-electron chi connectivity index (χ4n) is 2.78. The second kappa shape index (κ2) is 8.17. The van der Waals surface area contributed by atoms with Crippen LogP contribution in [0.5, 0.6) is 0 Å². The Bertz CT molecular complexity index is 1190. The van der Waals surface area contributed by atoms with E-state index < -0.39 is 4.92 Å². The normalized spacial score (nSPS) is 10.7. The number of rotatable bonds is 6. The molecule has 4 aromatic rings. The summed E-state index contributed by atoms with van der Waals surface area (Å²) in [6, 6.07) is 13.3. The molecule has 0 aliphatic carbocycles. The molecule has 0 saturated carbocycles. The first kappa shape index (κ1) is 19.3. The van der Waals surface area contributed by atoms with Gasteiger partial charge in [0.05, 0.1) is 16.3 Å². The van der Waals surface area contributed by atoms with Crippen molar-refractivity contribution in [3.05, 3.63) is 86.7 Å². The molecule has 0 unspecified atom stereocenters. The van der Waals surface area contributed by atoms with Crippen LogP contribution in [-0.2, 0) is 6.42 Å². The highest BCUT2D eigenvalue weighted by Crippen LogP contribution is 2.26. The number of thiazole rings is 1. The molecular weight excluding hydrogens is 406 g/mol. The summed E-state index contributed by atoms with van der Waals surface area (Å²) in [6.07, 6.45) is 2.05. The highest BCUT2D eigenvalue weighted by Gasteiger charge is 2.13. The predicted octanol–water partition coefficient (Wildman–Crippen LogP) is 3.18. The summed E-state index contributed by atoms with van der Waals surface area (Å²) >= 11 is 1.38. The number of nitro benzene ring substituents is 1. The first-order valence-corrected chi connectivity index (χ1v) is 9.65. The summed E-state index contributed by atoms with van der Waals surface area (Å²) in [5, 5.41) is 25.1. The molecule has 1 amide bonds. The lowest BCUT2D eigenvalue weighted by molar-refractivity contribution is -0.384. The van der Waals surface area contributed by atoms with E-state index in [1.165, 1.54) is 34.5 Å². The molecule has 2 aromatic carbocycles. The second-order valence-corrected chi connectivity index (χ2v) is 7.47. The van der Waals surface area contributed by atoms with Crippen LogP contribution >= 0.6 is 11.3 Å². The SMILES string of the molecule is Cc1nc(NC(=O)c2ccc(-n3cnnn3)cc2)sc1Cc1ccc([N+](=O)[O-])cc1. The average Bonchev–Trinajstić information content (AvgIpc) is 3.39. The van der Waals surface area contributed by atoms with E-state index in [4.69, 9.17) is 0 Å². The Morgan fingerprint density at radius 3 is 2.53 bits per heavy atom. The van der Waals surface area contributed by atoms with E-state index in [2.05, 4.69) is 25.8 Å². The Balaban J connectivity index is 1.44. The highest BCUT2D eigenvalue weighted by atomic mass is 32.1. The van der Waals surface area contributed by atoms with Crippen molar-refractivity contribution < 1.29 is 9.72 Å². The molecule has 30 heavy (non-hydrogen) atoms. The zero-order chi connectivity index (χ0) is 21.1. The summed E-state index contributed by atoms with van der Waals surface area (Å²) in [6.45, 7) is 1.87. The van der Waals surface area contributed by atoms with E-state index in [9.17, 15) is 14.9 Å². The molecule has 10 nitrogen and oxygen atoms in total. The van der Waals surface area contributed by atoms with Crippen molar-refractivity contribution in [3.63, 3.8) is 0 Å². The van der Waals surface area contributed by atoms with Crippen LogP contribution in [0, 0.1) is 17.0 Å². The molecule has 4 rings (SSSR count). The number of hydrogen-bond acceptors (Lipinski definition) is 8. The number of hydrogen-bond donors (Lipinski definition) is 1. The minimum absolute atomic E-state index is 0.0545. The lowest BCUT2D eigenvalue weighted by atomic mass is 10.1. The summed E-state index contributed by atoms with van der Waals surface area (Å²) in [4.78, 5) is 28.3. The van der Waals surface area contributed by atoms with Gasteiger partial charge in [-0.15, -0.1) is 16.4 Å². The summed E-state index contributed by atoms with van der Waals surface area (Å²) in [5.41, 5.74) is 3.02. The second-order valence-electron chi connectivity index (χ2n) is 6.38. The van der Waals surface area contributed by atoms with Gasteiger partial charge in [0.1, 0.15) is 6.33 Å². The number of nitrogens with one attached hydrogen (secondary N) is 1. The Labute approximate surface area is 174 Å². The van der Waals surface area contributed by atoms with Gasteiger partial charge in [-0.3, -0.25) is 20.2 Å². The lowest BCUT2D eigenvalue weighted by Gasteiger charge is -2.03. The van der Waals surface area contributed by atoms with Gasteiger partial charge in [-0.25, -0.2) is 9.67 Å². The Hall–Kier alpha value is -3.99. The van der Waals surface area contributed by atoms with Crippen LogP contribution in [0.4, 0.5) is 10.8 Å². The lowest BCUT2D eigenvalue weighted by Crippen LogP contribution is -2.11. The molecule has 150 valence electrons. The zero-order valence-electron chi connectivity index (χ0n) is 15.7. The molecule has 0 fully saturated rings. The number of aryl methyl sites for hydroxylation is 1. The molecule has 0 aliphatic rings. The molecule has 0 radical (unpaired) electrons. The number of nitrogens with zero attached hydrogens (tertiary/aromatic N) is 6. The Morgan fingerprint density at radius 1 is 1.17 bits per heavy atom. The number of amides is 1. The van der Waals surface area contributed by atoms with Crippen molar-refractivity contribution in [2.45, 2.75) is 13.3 Å². The molecule has 1 N–H and O–H groups in total. The van der Waals surface area contributed by atoms with Gasteiger partial charge in [0, 0.05) is 29.0 Å². The Kier molecular flexibility index (Phi) is 5.26. The fourth-order valence-corrected chi connectivity index (χ4v) is 3.77. The van der Waals surface area contributed by atoms with Gasteiger partial charge in [-0.2, -0.15) is 0 Å². The summed E-state index contributed by atoms with van der Waals surface area (Å²) < 4.78 is 1.50. The first-order chi connectivity index (χ1) is 14.5. The van der Waals surface area contributed by atoms with Crippen molar-refractivity contribution in [3.8, 4) is 5.69 Å². The third kappa shape index (κ3) is 4.20. The van der Waals surface area contributed by atoms with Crippen LogP contribution in [0.1, 0.15) is 26.5 Å². The van der Waals surface area contributed by atoms with Crippen LogP contribution < -0.4 is 5.32 Å². The maximum absolute atomic E-state index is 12.5. The number of carbonyl (C=O) groups is 1. The monoisotopic (exact) mass is 421 g/mol. The van der Waals surface area contributed by atoms with E-state index in [0.29, 0.717) is 17.1 Å². The van der Waals surface area contributed by atoms with Crippen LogP contribution in [0.2, 0.25) is 0 Å². The number of benzene rings is 2. The first-order valence-electron chi connectivity index (χ1n) is 8.84. The van der Waals surface area contributed by atoms with Crippen LogP contribution in [0.25, 0.3) is 5.69 Å². The number of anilines is 1. The standard InChI is InChI=1S/C19H15N7O3S/c1-12-17(10-13-2-6-16(7-3-13)26(28)29)30-19(21-12)22-18(27)14-4-8-15(9-5-14)25-11-20-23-24-25/h2-9,11H,10H2,1H3,(H,21,22,27). The molecular formula is C19H15N7O3S. The molecule has 0 spiro atoms.